The maximum absolute atomic E-state index is 13.5. The molecule has 1 atom stereocenters. The molecule has 2 aliphatic rings. The standard InChI is InChI=1S/C28H34N4O5/c1-19-11-13-20(14-12-19)18-31-24(27(35)32(28(31)36)22-8-3-2-4-9-22)15-16-25(33)29-17-21-7-5-6-10-23(21)26(34)30-37/h5-7,10-14,22,24,37H,2-4,8-9,15-18H2,1H3,(H,29,33)(H,30,34). The molecule has 2 aromatic carbocycles. The second-order valence-electron chi connectivity index (χ2n) is 9.83. The first-order valence-electron chi connectivity index (χ1n) is 12.9. The number of benzene rings is 2. The Bertz CT molecular complexity index is 1140. The summed E-state index contributed by atoms with van der Waals surface area (Å²) in [4.78, 5) is 54.5. The minimum atomic E-state index is -0.700. The molecular weight excluding hydrogens is 472 g/mol. The van der Waals surface area contributed by atoms with Gasteiger partial charge in [0.25, 0.3) is 11.8 Å². The third kappa shape index (κ3) is 6.17. The van der Waals surface area contributed by atoms with Gasteiger partial charge in [-0.1, -0.05) is 67.3 Å². The third-order valence-electron chi connectivity index (χ3n) is 7.25. The number of urea groups is 1. The van der Waals surface area contributed by atoms with Gasteiger partial charge in [0.2, 0.25) is 5.91 Å². The SMILES string of the molecule is Cc1ccc(CN2C(=O)N(C3CCCCC3)C(=O)C2CCC(=O)NCc2ccccc2C(=O)NO)cc1. The van der Waals surface area contributed by atoms with E-state index in [0.29, 0.717) is 12.1 Å². The Labute approximate surface area is 216 Å². The number of nitrogens with zero attached hydrogens (tertiary/aromatic N) is 2. The van der Waals surface area contributed by atoms with Crippen LogP contribution in [0.25, 0.3) is 0 Å². The maximum atomic E-state index is 13.5. The lowest BCUT2D eigenvalue weighted by Crippen LogP contribution is -2.42. The van der Waals surface area contributed by atoms with Crippen molar-refractivity contribution in [3.8, 4) is 0 Å². The fourth-order valence-corrected chi connectivity index (χ4v) is 5.19. The molecule has 0 bridgehead atoms. The Morgan fingerprint density at radius 1 is 1.00 bits per heavy atom. The van der Waals surface area contributed by atoms with E-state index in [1.807, 2.05) is 31.2 Å². The molecule has 1 saturated heterocycles. The first-order chi connectivity index (χ1) is 17.9. The summed E-state index contributed by atoms with van der Waals surface area (Å²) in [6.07, 6.45) is 5.04. The molecular formula is C28H34N4O5. The molecule has 37 heavy (non-hydrogen) atoms. The first-order valence-corrected chi connectivity index (χ1v) is 12.9. The Morgan fingerprint density at radius 2 is 1.70 bits per heavy atom. The molecule has 1 heterocycles. The smallest absolute Gasteiger partial charge is 0.328 e. The van der Waals surface area contributed by atoms with Crippen molar-refractivity contribution >= 4 is 23.8 Å². The van der Waals surface area contributed by atoms with Gasteiger partial charge in [0, 0.05) is 31.1 Å². The van der Waals surface area contributed by atoms with Crippen molar-refractivity contribution in [3.63, 3.8) is 0 Å². The molecule has 0 radical (unpaired) electrons. The number of carbonyl (C=O) groups excluding carboxylic acids is 4. The third-order valence-corrected chi connectivity index (χ3v) is 7.25. The summed E-state index contributed by atoms with van der Waals surface area (Å²) in [6, 6.07) is 13.5. The zero-order chi connectivity index (χ0) is 26.4. The number of nitrogens with one attached hydrogen (secondary N) is 2. The molecule has 1 aliphatic heterocycles. The highest BCUT2D eigenvalue weighted by molar-refractivity contribution is 6.04. The number of hydroxylamine groups is 1. The normalized spacial score (nSPS) is 18.3. The summed E-state index contributed by atoms with van der Waals surface area (Å²) in [5.74, 6) is -1.16. The highest BCUT2D eigenvalue weighted by Crippen LogP contribution is 2.31. The number of carbonyl (C=O) groups is 4. The van der Waals surface area contributed by atoms with Crippen molar-refractivity contribution in [2.24, 2.45) is 0 Å². The van der Waals surface area contributed by atoms with Gasteiger partial charge in [-0.3, -0.25) is 24.5 Å². The van der Waals surface area contributed by atoms with Gasteiger partial charge in [-0.2, -0.15) is 0 Å². The molecule has 1 saturated carbocycles. The summed E-state index contributed by atoms with van der Waals surface area (Å²) in [7, 11) is 0. The van der Waals surface area contributed by atoms with Crippen LogP contribution >= 0.6 is 0 Å². The highest BCUT2D eigenvalue weighted by Gasteiger charge is 2.47. The van der Waals surface area contributed by atoms with Crippen LogP contribution in [0.1, 0.15) is 72.0 Å². The molecule has 0 spiro atoms. The molecule has 1 unspecified atom stereocenters. The summed E-state index contributed by atoms with van der Waals surface area (Å²) in [6.45, 7) is 2.40. The van der Waals surface area contributed by atoms with E-state index < -0.39 is 11.9 Å². The van der Waals surface area contributed by atoms with Crippen LogP contribution in [0.5, 0.6) is 0 Å². The van der Waals surface area contributed by atoms with E-state index in [4.69, 9.17) is 5.21 Å². The molecule has 4 rings (SSSR count). The summed E-state index contributed by atoms with van der Waals surface area (Å²) in [5, 5.41) is 11.7. The number of amides is 5. The van der Waals surface area contributed by atoms with Gasteiger partial charge in [-0.15, -0.1) is 0 Å². The predicted octanol–water partition coefficient (Wildman–Crippen LogP) is 3.68. The molecule has 2 fully saturated rings. The monoisotopic (exact) mass is 506 g/mol. The summed E-state index contributed by atoms with van der Waals surface area (Å²) in [5.41, 5.74) is 4.47. The van der Waals surface area contributed by atoms with Crippen LogP contribution in [0.4, 0.5) is 4.79 Å². The van der Waals surface area contributed by atoms with E-state index in [1.54, 1.807) is 34.6 Å². The molecule has 196 valence electrons. The average Bonchev–Trinajstić information content (AvgIpc) is 3.15. The largest absolute Gasteiger partial charge is 0.352 e. The van der Waals surface area contributed by atoms with Gasteiger partial charge >= 0.3 is 6.03 Å². The second kappa shape index (κ2) is 12.0. The lowest BCUT2D eigenvalue weighted by atomic mass is 9.94. The molecule has 0 aromatic heterocycles. The van der Waals surface area contributed by atoms with Crippen molar-refractivity contribution in [2.75, 3.05) is 0 Å². The molecule has 3 N–H and O–H groups in total. The lowest BCUT2D eigenvalue weighted by Gasteiger charge is -2.29. The lowest BCUT2D eigenvalue weighted by molar-refractivity contribution is -0.130. The molecule has 9 heteroatoms. The summed E-state index contributed by atoms with van der Waals surface area (Å²) >= 11 is 0. The van der Waals surface area contributed by atoms with E-state index in [9.17, 15) is 19.2 Å². The zero-order valence-electron chi connectivity index (χ0n) is 21.1. The number of imide groups is 1. The van der Waals surface area contributed by atoms with Crippen molar-refractivity contribution in [2.45, 2.75) is 77.0 Å². The van der Waals surface area contributed by atoms with Crippen molar-refractivity contribution in [1.82, 2.24) is 20.6 Å². The first kappa shape index (κ1) is 26.3. The number of aryl methyl sites for hydroxylation is 1. The fraction of sp³-hybridized carbons (Fsp3) is 0.429. The van der Waals surface area contributed by atoms with Crippen LogP contribution in [0.3, 0.4) is 0 Å². The van der Waals surface area contributed by atoms with E-state index in [2.05, 4.69) is 5.32 Å². The second-order valence-corrected chi connectivity index (χ2v) is 9.83. The van der Waals surface area contributed by atoms with Gasteiger partial charge in [0.05, 0.1) is 0 Å². The van der Waals surface area contributed by atoms with Crippen LogP contribution in [0.2, 0.25) is 0 Å². The van der Waals surface area contributed by atoms with Gasteiger partial charge in [-0.05, 0) is 43.4 Å². The van der Waals surface area contributed by atoms with Crippen LogP contribution in [0, 0.1) is 6.92 Å². The van der Waals surface area contributed by atoms with Gasteiger partial charge in [-0.25, -0.2) is 10.3 Å². The summed E-state index contributed by atoms with van der Waals surface area (Å²) < 4.78 is 0. The Hall–Kier alpha value is -3.72. The van der Waals surface area contributed by atoms with Gasteiger partial charge < -0.3 is 10.2 Å². The maximum Gasteiger partial charge on any atom is 0.328 e. The molecule has 1 aliphatic carbocycles. The zero-order valence-corrected chi connectivity index (χ0v) is 21.1. The quantitative estimate of drug-likeness (QED) is 0.272. The van der Waals surface area contributed by atoms with Crippen molar-refractivity contribution in [3.05, 3.63) is 70.8 Å². The topological polar surface area (TPSA) is 119 Å². The molecule has 9 nitrogen and oxygen atoms in total. The Morgan fingerprint density at radius 3 is 2.41 bits per heavy atom. The van der Waals surface area contributed by atoms with E-state index in [1.165, 1.54) is 4.90 Å². The Balaban J connectivity index is 1.44. The molecule has 2 aromatic rings. The van der Waals surface area contributed by atoms with Crippen LogP contribution in [-0.2, 0) is 22.7 Å². The van der Waals surface area contributed by atoms with Crippen LogP contribution in [0.15, 0.2) is 48.5 Å². The number of hydrogen-bond acceptors (Lipinski definition) is 5. The number of rotatable bonds is 9. The van der Waals surface area contributed by atoms with Crippen LogP contribution < -0.4 is 10.8 Å². The number of hydrogen-bond donors (Lipinski definition) is 3. The Kier molecular flexibility index (Phi) is 8.55. The average molecular weight is 507 g/mol. The van der Waals surface area contributed by atoms with Gasteiger partial charge in [0.1, 0.15) is 6.04 Å². The van der Waals surface area contributed by atoms with Crippen molar-refractivity contribution in [1.29, 1.82) is 0 Å². The van der Waals surface area contributed by atoms with E-state index in [0.717, 1.165) is 43.2 Å². The minimum absolute atomic E-state index is 0.0565. The minimum Gasteiger partial charge on any atom is -0.352 e. The van der Waals surface area contributed by atoms with Gasteiger partial charge in [0.15, 0.2) is 0 Å². The van der Waals surface area contributed by atoms with Crippen molar-refractivity contribution < 1.29 is 24.4 Å². The van der Waals surface area contributed by atoms with E-state index >= 15 is 0 Å². The van der Waals surface area contributed by atoms with Crippen LogP contribution in [-0.4, -0.2) is 50.8 Å². The van der Waals surface area contributed by atoms with E-state index in [-0.39, 0.29) is 48.8 Å². The predicted molar refractivity (Wildman–Crippen MR) is 136 cm³/mol. The highest BCUT2D eigenvalue weighted by atomic mass is 16.5. The fourth-order valence-electron chi connectivity index (χ4n) is 5.19. The molecule has 5 amide bonds.